The molecule has 0 radical (unpaired) electrons. The van der Waals surface area contributed by atoms with E-state index in [1.165, 1.54) is 18.2 Å². The molecule has 0 bridgehead atoms. The lowest BCUT2D eigenvalue weighted by Crippen LogP contribution is -2.12. The van der Waals surface area contributed by atoms with Crippen LogP contribution in [0.15, 0.2) is 34.1 Å². The van der Waals surface area contributed by atoms with Gasteiger partial charge in [-0.05, 0) is 30.2 Å². The molecule has 0 atom stereocenters. The highest BCUT2D eigenvalue weighted by atomic mass is 32.2. The van der Waals surface area contributed by atoms with Gasteiger partial charge in [0.15, 0.2) is 0 Å². The molecule has 3 aromatic rings. The highest BCUT2D eigenvalue weighted by molar-refractivity contribution is 7.89. The summed E-state index contributed by atoms with van der Waals surface area (Å²) >= 11 is 0. The summed E-state index contributed by atoms with van der Waals surface area (Å²) in [5, 5.41) is 15.0. The number of carboxylic acids is 1. The van der Waals surface area contributed by atoms with Crippen LogP contribution in [-0.2, 0) is 21.2 Å². The highest BCUT2D eigenvalue weighted by Gasteiger charge is 2.15. The van der Waals surface area contributed by atoms with Crippen molar-refractivity contribution in [3.63, 3.8) is 0 Å². The molecule has 8 nitrogen and oxygen atoms in total. The summed E-state index contributed by atoms with van der Waals surface area (Å²) < 4.78 is 23.1. The van der Waals surface area contributed by atoms with Crippen LogP contribution in [0.25, 0.3) is 21.8 Å². The standard InChI is InChI=1S/C14H13N3O5S/c15-23(21,22)8-2-3-10-9(5-8)12-7(1-4-11(18)19)6-16-13(12)14(20)17-10/h2-3,5-6,16H,1,4H2,(H,17,20)(H,18,19)(H2,15,21,22). The Bertz CT molecular complexity index is 1090. The van der Waals surface area contributed by atoms with Gasteiger partial charge in [-0.1, -0.05) is 0 Å². The molecule has 9 heteroatoms. The number of hydrogen-bond donors (Lipinski definition) is 4. The summed E-state index contributed by atoms with van der Waals surface area (Å²) in [6, 6.07) is 4.15. The topological polar surface area (TPSA) is 146 Å². The number of primary sulfonamides is 1. The second kappa shape index (κ2) is 5.21. The molecular weight excluding hydrogens is 322 g/mol. The predicted octanol–water partition coefficient (Wildman–Crippen LogP) is 0.674. The smallest absolute Gasteiger partial charge is 0.303 e. The third kappa shape index (κ3) is 2.71. The van der Waals surface area contributed by atoms with Gasteiger partial charge in [0.05, 0.1) is 4.90 Å². The normalized spacial score (nSPS) is 12.0. The first-order valence-corrected chi connectivity index (χ1v) is 8.22. The monoisotopic (exact) mass is 335 g/mol. The molecule has 2 aromatic heterocycles. The van der Waals surface area contributed by atoms with E-state index in [2.05, 4.69) is 9.97 Å². The van der Waals surface area contributed by atoms with Crippen molar-refractivity contribution in [1.29, 1.82) is 0 Å². The Balaban J connectivity index is 2.35. The van der Waals surface area contributed by atoms with Crippen LogP contribution in [0.5, 0.6) is 0 Å². The van der Waals surface area contributed by atoms with Crippen molar-refractivity contribution < 1.29 is 18.3 Å². The number of fused-ring (bicyclic) bond motifs is 3. The van der Waals surface area contributed by atoms with Crippen molar-refractivity contribution in [2.45, 2.75) is 17.7 Å². The van der Waals surface area contributed by atoms with Crippen molar-refractivity contribution in [3.8, 4) is 0 Å². The minimum Gasteiger partial charge on any atom is -0.481 e. The molecule has 0 aliphatic carbocycles. The summed E-state index contributed by atoms with van der Waals surface area (Å²) in [5.74, 6) is -0.960. The van der Waals surface area contributed by atoms with E-state index in [4.69, 9.17) is 10.2 Å². The highest BCUT2D eigenvalue weighted by Crippen LogP contribution is 2.27. The lowest BCUT2D eigenvalue weighted by molar-refractivity contribution is -0.136. The zero-order valence-corrected chi connectivity index (χ0v) is 12.6. The van der Waals surface area contributed by atoms with E-state index in [1.807, 2.05) is 0 Å². The van der Waals surface area contributed by atoms with Gasteiger partial charge in [0.1, 0.15) is 5.52 Å². The van der Waals surface area contributed by atoms with E-state index in [9.17, 15) is 18.0 Å². The lowest BCUT2D eigenvalue weighted by Gasteiger charge is -2.05. The number of pyridine rings is 1. The molecule has 1 aromatic carbocycles. The number of aromatic amines is 2. The molecule has 23 heavy (non-hydrogen) atoms. The third-order valence-corrected chi connectivity index (χ3v) is 4.55. The Labute approximate surface area is 130 Å². The summed E-state index contributed by atoms with van der Waals surface area (Å²) in [6.07, 6.45) is 1.68. The van der Waals surface area contributed by atoms with Crippen LogP contribution in [0.4, 0.5) is 0 Å². The van der Waals surface area contributed by atoms with Crippen LogP contribution in [0.3, 0.4) is 0 Å². The zero-order valence-electron chi connectivity index (χ0n) is 11.8. The van der Waals surface area contributed by atoms with Gasteiger partial charge in [-0.2, -0.15) is 0 Å². The minimum absolute atomic E-state index is 0.0799. The number of sulfonamides is 1. The molecule has 0 saturated carbocycles. The molecule has 0 aliphatic rings. The summed E-state index contributed by atoms with van der Waals surface area (Å²) in [5.41, 5.74) is 0.984. The fourth-order valence-electron chi connectivity index (χ4n) is 2.59. The van der Waals surface area contributed by atoms with Crippen molar-refractivity contribution in [3.05, 3.63) is 40.3 Å². The molecule has 0 fully saturated rings. The van der Waals surface area contributed by atoms with Crippen LogP contribution < -0.4 is 10.7 Å². The first kappa shape index (κ1) is 15.3. The molecule has 0 unspecified atom stereocenters. The van der Waals surface area contributed by atoms with Crippen LogP contribution >= 0.6 is 0 Å². The molecule has 0 amide bonds. The average Bonchev–Trinajstić information content (AvgIpc) is 2.88. The van der Waals surface area contributed by atoms with Gasteiger partial charge >= 0.3 is 5.97 Å². The number of benzene rings is 1. The molecule has 0 spiro atoms. The lowest BCUT2D eigenvalue weighted by atomic mass is 10.0. The number of rotatable bonds is 4. The molecular formula is C14H13N3O5S. The summed E-state index contributed by atoms with van der Waals surface area (Å²) in [4.78, 5) is 28.2. The van der Waals surface area contributed by atoms with E-state index in [-0.39, 0.29) is 28.8 Å². The van der Waals surface area contributed by atoms with Crippen LogP contribution in [0.1, 0.15) is 12.0 Å². The van der Waals surface area contributed by atoms with Crippen LogP contribution in [0.2, 0.25) is 0 Å². The number of nitrogens with one attached hydrogen (secondary N) is 2. The quantitative estimate of drug-likeness (QED) is 0.553. The van der Waals surface area contributed by atoms with Gasteiger partial charge in [-0.3, -0.25) is 9.59 Å². The van der Waals surface area contributed by atoms with Gasteiger partial charge in [0, 0.05) is 28.9 Å². The maximum Gasteiger partial charge on any atom is 0.303 e. The number of aryl methyl sites for hydroxylation is 1. The number of aliphatic carboxylic acids is 1. The number of hydrogen-bond acceptors (Lipinski definition) is 4. The number of carbonyl (C=O) groups is 1. The SMILES string of the molecule is NS(=O)(=O)c1ccc2[nH]c(=O)c3[nH]cc(CCC(=O)O)c3c2c1. The summed E-state index contributed by atoms with van der Waals surface area (Å²) in [7, 11) is -3.89. The molecule has 3 rings (SSSR count). The largest absolute Gasteiger partial charge is 0.481 e. The van der Waals surface area contributed by atoms with Crippen molar-refractivity contribution >= 4 is 37.8 Å². The van der Waals surface area contributed by atoms with Gasteiger partial charge in [0.2, 0.25) is 10.0 Å². The van der Waals surface area contributed by atoms with E-state index in [1.54, 1.807) is 6.20 Å². The predicted molar refractivity (Wildman–Crippen MR) is 83.8 cm³/mol. The fourth-order valence-corrected chi connectivity index (χ4v) is 3.13. The number of nitrogens with two attached hydrogens (primary N) is 1. The fraction of sp³-hybridized carbons (Fsp3) is 0.143. The molecule has 0 saturated heterocycles. The molecule has 0 aliphatic heterocycles. The Hall–Kier alpha value is -2.65. The number of aromatic nitrogens is 2. The Kier molecular flexibility index (Phi) is 3.46. The maximum absolute atomic E-state index is 12.1. The summed E-state index contributed by atoms with van der Waals surface area (Å²) in [6.45, 7) is 0. The van der Waals surface area contributed by atoms with E-state index < -0.39 is 16.0 Å². The van der Waals surface area contributed by atoms with Crippen LogP contribution in [0, 0.1) is 0 Å². The minimum atomic E-state index is -3.89. The first-order chi connectivity index (χ1) is 10.8. The van der Waals surface area contributed by atoms with Gasteiger partial charge in [-0.15, -0.1) is 0 Å². The average molecular weight is 335 g/mol. The van der Waals surface area contributed by atoms with E-state index >= 15 is 0 Å². The number of carboxylic acid groups (broad SMARTS) is 1. The van der Waals surface area contributed by atoms with Crippen molar-refractivity contribution in [2.24, 2.45) is 5.14 Å². The Morgan fingerprint density at radius 2 is 2.04 bits per heavy atom. The molecule has 120 valence electrons. The molecule has 2 heterocycles. The second-order valence-corrected chi connectivity index (χ2v) is 6.73. The molecule has 5 N–H and O–H groups in total. The third-order valence-electron chi connectivity index (χ3n) is 3.63. The van der Waals surface area contributed by atoms with Crippen molar-refractivity contribution in [2.75, 3.05) is 0 Å². The van der Waals surface area contributed by atoms with Crippen LogP contribution in [-0.4, -0.2) is 29.5 Å². The van der Waals surface area contributed by atoms with Crippen molar-refractivity contribution in [1.82, 2.24) is 9.97 Å². The Morgan fingerprint density at radius 3 is 2.70 bits per heavy atom. The zero-order chi connectivity index (χ0) is 16.8. The Morgan fingerprint density at radius 1 is 1.30 bits per heavy atom. The van der Waals surface area contributed by atoms with Gasteiger partial charge in [-0.25, -0.2) is 13.6 Å². The number of H-pyrrole nitrogens is 2. The van der Waals surface area contributed by atoms with Gasteiger partial charge in [0.25, 0.3) is 5.56 Å². The second-order valence-electron chi connectivity index (χ2n) is 5.16. The first-order valence-electron chi connectivity index (χ1n) is 6.68. The van der Waals surface area contributed by atoms with E-state index in [0.29, 0.717) is 21.9 Å². The van der Waals surface area contributed by atoms with Gasteiger partial charge < -0.3 is 15.1 Å². The van der Waals surface area contributed by atoms with E-state index in [0.717, 1.165) is 0 Å². The maximum atomic E-state index is 12.1.